The lowest BCUT2D eigenvalue weighted by Gasteiger charge is -2.13. The molecule has 24 heavy (non-hydrogen) atoms. The maximum Gasteiger partial charge on any atom is 0.124 e. The van der Waals surface area contributed by atoms with Gasteiger partial charge in [0.2, 0.25) is 0 Å². The summed E-state index contributed by atoms with van der Waals surface area (Å²) >= 11 is 13.8. The summed E-state index contributed by atoms with van der Waals surface area (Å²) in [4.78, 5) is 1.15. The van der Waals surface area contributed by atoms with Gasteiger partial charge in [0.15, 0.2) is 0 Å². The number of aryl methyl sites for hydroxylation is 1. The van der Waals surface area contributed by atoms with Gasteiger partial charge in [-0.1, -0.05) is 65.7 Å². The highest BCUT2D eigenvalue weighted by atomic mass is 35.5. The Morgan fingerprint density at radius 2 is 1.67 bits per heavy atom. The van der Waals surface area contributed by atoms with Crippen LogP contribution in [0.1, 0.15) is 29.7 Å². The average Bonchev–Trinajstić information content (AvgIpc) is 2.57. The summed E-state index contributed by atoms with van der Waals surface area (Å²) in [5.74, 6) is 0.0562. The van der Waals surface area contributed by atoms with Crippen molar-refractivity contribution < 1.29 is 0 Å². The number of hydrogen-bond donors (Lipinski definition) is 0. The first-order valence-electron chi connectivity index (χ1n) is 7.56. The van der Waals surface area contributed by atoms with Gasteiger partial charge in [0.1, 0.15) is 5.03 Å². The predicted molar refractivity (Wildman–Crippen MR) is 101 cm³/mol. The summed E-state index contributed by atoms with van der Waals surface area (Å²) in [6.07, 6.45) is 0. The molecule has 0 aliphatic rings. The molecule has 0 fully saturated rings. The number of aromatic nitrogens is 2. The molecule has 0 bridgehead atoms. The van der Waals surface area contributed by atoms with Crippen LogP contribution in [-0.2, 0) is 0 Å². The monoisotopic (exact) mass is 374 g/mol. The van der Waals surface area contributed by atoms with E-state index in [-0.39, 0.29) is 5.92 Å². The molecule has 1 unspecified atom stereocenters. The summed E-state index contributed by atoms with van der Waals surface area (Å²) in [6, 6.07) is 17.9. The molecular weight excluding hydrogens is 359 g/mol. The van der Waals surface area contributed by atoms with E-state index in [9.17, 15) is 0 Å². The molecule has 122 valence electrons. The molecule has 0 spiro atoms. The molecule has 0 N–H and O–H groups in total. The van der Waals surface area contributed by atoms with Gasteiger partial charge >= 0.3 is 0 Å². The number of benzene rings is 2. The minimum Gasteiger partial charge on any atom is -0.154 e. The Morgan fingerprint density at radius 1 is 0.917 bits per heavy atom. The Kier molecular flexibility index (Phi) is 5.44. The first-order chi connectivity index (χ1) is 11.5. The van der Waals surface area contributed by atoms with Crippen LogP contribution in [0.2, 0.25) is 10.0 Å². The normalized spacial score (nSPS) is 12.2. The third-order valence-corrected chi connectivity index (χ3v) is 5.27. The van der Waals surface area contributed by atoms with Crippen LogP contribution in [0.15, 0.2) is 64.5 Å². The van der Waals surface area contributed by atoms with E-state index in [4.69, 9.17) is 23.2 Å². The van der Waals surface area contributed by atoms with Gasteiger partial charge in [0, 0.05) is 20.9 Å². The summed E-state index contributed by atoms with van der Waals surface area (Å²) in [6.45, 7) is 4.14. The fourth-order valence-electron chi connectivity index (χ4n) is 2.35. The first kappa shape index (κ1) is 17.3. The van der Waals surface area contributed by atoms with Crippen molar-refractivity contribution in [2.45, 2.75) is 29.7 Å². The van der Waals surface area contributed by atoms with Gasteiger partial charge in [-0.15, -0.1) is 5.10 Å². The second-order valence-corrected chi connectivity index (χ2v) is 7.54. The number of nitrogens with zero attached hydrogens (tertiary/aromatic N) is 2. The fraction of sp³-hybridized carbons (Fsp3) is 0.158. The lowest BCUT2D eigenvalue weighted by atomic mass is 9.97. The van der Waals surface area contributed by atoms with Crippen molar-refractivity contribution in [3.8, 4) is 0 Å². The Balaban J connectivity index is 1.77. The van der Waals surface area contributed by atoms with Crippen LogP contribution in [0.4, 0.5) is 0 Å². The number of hydrogen-bond acceptors (Lipinski definition) is 3. The van der Waals surface area contributed by atoms with Crippen molar-refractivity contribution in [1.29, 1.82) is 0 Å². The van der Waals surface area contributed by atoms with Crippen molar-refractivity contribution in [1.82, 2.24) is 10.2 Å². The molecule has 3 rings (SSSR count). The third kappa shape index (κ3) is 4.10. The van der Waals surface area contributed by atoms with Crippen molar-refractivity contribution >= 4 is 35.0 Å². The van der Waals surface area contributed by atoms with E-state index >= 15 is 0 Å². The molecule has 0 saturated carbocycles. The molecule has 1 aromatic heterocycles. The van der Waals surface area contributed by atoms with Crippen molar-refractivity contribution in [3.05, 3.63) is 81.5 Å². The highest BCUT2D eigenvalue weighted by Crippen LogP contribution is 2.32. The molecule has 2 aromatic carbocycles. The molecule has 0 radical (unpaired) electrons. The number of halogens is 2. The quantitative estimate of drug-likeness (QED) is 0.528. The molecule has 0 aliphatic heterocycles. The summed E-state index contributed by atoms with van der Waals surface area (Å²) in [7, 11) is 0. The van der Waals surface area contributed by atoms with Gasteiger partial charge in [-0.2, -0.15) is 5.10 Å². The van der Waals surface area contributed by atoms with Gasteiger partial charge in [-0.3, -0.25) is 0 Å². The molecule has 3 aromatic rings. The molecule has 0 amide bonds. The fourth-order valence-corrected chi connectivity index (χ4v) is 3.66. The molecule has 1 heterocycles. The maximum absolute atomic E-state index is 6.29. The van der Waals surface area contributed by atoms with Crippen LogP contribution < -0.4 is 0 Å². The maximum atomic E-state index is 6.29. The van der Waals surface area contributed by atoms with Crippen LogP contribution >= 0.6 is 35.0 Å². The highest BCUT2D eigenvalue weighted by Gasteiger charge is 2.14. The van der Waals surface area contributed by atoms with E-state index in [1.54, 1.807) is 17.8 Å². The van der Waals surface area contributed by atoms with Gasteiger partial charge in [0.25, 0.3) is 0 Å². The van der Waals surface area contributed by atoms with Crippen LogP contribution in [0.5, 0.6) is 0 Å². The van der Waals surface area contributed by atoms with Gasteiger partial charge in [0.05, 0.1) is 5.69 Å². The molecular formula is C19H16Cl2N2S. The van der Waals surface area contributed by atoms with Gasteiger partial charge in [-0.05, 0) is 48.9 Å². The SMILES string of the molecule is Cc1ccc(Sc2ccc(C(C)c3ccc(Cl)cc3Cl)nn2)cc1. The lowest BCUT2D eigenvalue weighted by Crippen LogP contribution is -2.01. The van der Waals surface area contributed by atoms with Crippen LogP contribution in [-0.4, -0.2) is 10.2 Å². The summed E-state index contributed by atoms with van der Waals surface area (Å²) < 4.78 is 0. The van der Waals surface area contributed by atoms with E-state index in [2.05, 4.69) is 48.3 Å². The van der Waals surface area contributed by atoms with Gasteiger partial charge in [-0.25, -0.2) is 0 Å². The molecule has 2 nitrogen and oxygen atoms in total. The molecule has 5 heteroatoms. The van der Waals surface area contributed by atoms with Crippen LogP contribution in [0.25, 0.3) is 0 Å². The van der Waals surface area contributed by atoms with Gasteiger partial charge < -0.3 is 0 Å². The lowest BCUT2D eigenvalue weighted by molar-refractivity contribution is 0.793. The second-order valence-electron chi connectivity index (χ2n) is 5.60. The minimum atomic E-state index is 0.0562. The van der Waals surface area contributed by atoms with E-state index in [0.717, 1.165) is 21.2 Å². The molecule has 1 atom stereocenters. The topological polar surface area (TPSA) is 25.8 Å². The van der Waals surface area contributed by atoms with Crippen molar-refractivity contribution in [2.75, 3.05) is 0 Å². The Bertz CT molecular complexity index is 833. The van der Waals surface area contributed by atoms with Crippen LogP contribution in [0.3, 0.4) is 0 Å². The third-order valence-electron chi connectivity index (χ3n) is 3.78. The second kappa shape index (κ2) is 7.56. The Morgan fingerprint density at radius 3 is 2.29 bits per heavy atom. The first-order valence-corrected chi connectivity index (χ1v) is 9.13. The largest absolute Gasteiger partial charge is 0.154 e. The summed E-state index contributed by atoms with van der Waals surface area (Å²) in [5.41, 5.74) is 3.12. The zero-order chi connectivity index (χ0) is 17.1. The van der Waals surface area contributed by atoms with E-state index < -0.39 is 0 Å². The average molecular weight is 375 g/mol. The minimum absolute atomic E-state index is 0.0562. The number of rotatable bonds is 4. The standard InChI is InChI=1S/C19H16Cl2N2S/c1-12-3-6-15(7-4-12)24-19-10-9-18(22-23-19)13(2)16-8-5-14(20)11-17(16)21/h3-11,13H,1-2H3. The van der Waals surface area contributed by atoms with Crippen molar-refractivity contribution in [3.63, 3.8) is 0 Å². The van der Waals surface area contributed by atoms with E-state index in [1.165, 1.54) is 5.56 Å². The predicted octanol–water partition coefficient (Wildman–Crippen LogP) is 6.39. The van der Waals surface area contributed by atoms with Crippen LogP contribution in [0, 0.1) is 6.92 Å². The van der Waals surface area contributed by atoms with E-state index in [1.807, 2.05) is 24.3 Å². The Hall–Kier alpha value is -1.55. The zero-order valence-electron chi connectivity index (χ0n) is 13.3. The zero-order valence-corrected chi connectivity index (χ0v) is 15.7. The Labute approximate surface area is 156 Å². The summed E-state index contributed by atoms with van der Waals surface area (Å²) in [5, 5.41) is 10.9. The molecule has 0 aliphatic carbocycles. The van der Waals surface area contributed by atoms with E-state index in [0.29, 0.717) is 10.0 Å². The van der Waals surface area contributed by atoms with Crippen molar-refractivity contribution in [2.24, 2.45) is 0 Å². The highest BCUT2D eigenvalue weighted by molar-refractivity contribution is 7.99. The smallest absolute Gasteiger partial charge is 0.124 e. The molecule has 0 saturated heterocycles.